The lowest BCUT2D eigenvalue weighted by molar-refractivity contribution is -0.140. The highest BCUT2D eigenvalue weighted by atomic mass is 19.4. The topological polar surface area (TPSA) is 90.6 Å². The number of hydrogen-bond donors (Lipinski definition) is 1. The number of piperazine rings is 1. The molecule has 3 heterocycles. The number of anilines is 1. The second-order valence-corrected chi connectivity index (χ2v) is 9.99. The molecule has 5 rings (SSSR count). The van der Waals surface area contributed by atoms with Crippen molar-refractivity contribution < 1.29 is 31.9 Å². The van der Waals surface area contributed by atoms with Crippen LogP contribution < -0.4 is 4.90 Å². The van der Waals surface area contributed by atoms with Crippen molar-refractivity contribution in [3.05, 3.63) is 65.4 Å². The summed E-state index contributed by atoms with van der Waals surface area (Å²) in [6.07, 6.45) is -3.29. The number of hydrogen-bond acceptors (Lipinski definition) is 6. The smallest absolute Gasteiger partial charge is 0.419 e. The fraction of sp³-hybridized carbons (Fsp3) is 0.333. The van der Waals surface area contributed by atoms with Crippen molar-refractivity contribution in [2.24, 2.45) is 7.05 Å². The van der Waals surface area contributed by atoms with Gasteiger partial charge >= 0.3 is 12.2 Å². The second-order valence-electron chi connectivity index (χ2n) is 9.99. The Bertz CT molecular complexity index is 1610. The van der Waals surface area contributed by atoms with Crippen LogP contribution in [0.1, 0.15) is 11.1 Å². The molecule has 2 aromatic heterocycles. The highest BCUT2D eigenvalue weighted by molar-refractivity contribution is 5.91. The highest BCUT2D eigenvalue weighted by Gasteiger charge is 2.38. The van der Waals surface area contributed by atoms with Gasteiger partial charge < -0.3 is 19.8 Å². The van der Waals surface area contributed by atoms with Crippen LogP contribution in [-0.4, -0.2) is 80.5 Å². The van der Waals surface area contributed by atoms with Crippen LogP contribution in [0.3, 0.4) is 0 Å². The fourth-order valence-corrected chi connectivity index (χ4v) is 5.00. The Morgan fingerprint density at radius 3 is 2.49 bits per heavy atom. The molecule has 0 unspecified atom stereocenters. The molecule has 0 radical (unpaired) electrons. The SMILES string of the molecule is CN(C)C(=O)N1CCN(c2ncc3c(-c4cc(C(F)(F)F)c(F)c(O)c4F)nn(C)c3n2)[C@H](Cc2ccccc2)C1. The van der Waals surface area contributed by atoms with Gasteiger partial charge in [-0.15, -0.1) is 0 Å². The molecule has 2 aromatic carbocycles. The van der Waals surface area contributed by atoms with Crippen molar-refractivity contribution in [2.75, 3.05) is 38.6 Å². The highest BCUT2D eigenvalue weighted by Crippen LogP contribution is 2.41. The molecule has 0 aliphatic carbocycles. The summed E-state index contributed by atoms with van der Waals surface area (Å²) in [5.41, 5.74) is -1.62. The minimum absolute atomic E-state index is 0.107. The largest absolute Gasteiger partial charge is 0.503 e. The standard InChI is InChI=1S/C27H26F5N7O2/c1-36(2)26(41)38-9-10-39(16(14-38)11-15-7-5-4-6-8-15)25-33-13-18-22(35-37(3)24(18)34-25)17-12-19(27(30,31)32)21(29)23(40)20(17)28/h4-8,12-13,16,40H,9-11,14H2,1-3H3/t16-/m1/s1. The van der Waals surface area contributed by atoms with E-state index in [-0.39, 0.29) is 34.9 Å². The molecule has 1 aliphatic heterocycles. The average Bonchev–Trinajstić information content (AvgIpc) is 3.26. The lowest BCUT2D eigenvalue weighted by atomic mass is 10.0. The Morgan fingerprint density at radius 1 is 1.12 bits per heavy atom. The summed E-state index contributed by atoms with van der Waals surface area (Å²) in [5.74, 6) is -5.14. The Balaban J connectivity index is 1.55. The van der Waals surface area contributed by atoms with Crippen LogP contribution in [-0.2, 0) is 19.6 Å². The van der Waals surface area contributed by atoms with Crippen molar-refractivity contribution in [3.8, 4) is 17.0 Å². The molecule has 4 aromatic rings. The number of aryl methyl sites for hydroxylation is 1. The zero-order valence-electron chi connectivity index (χ0n) is 22.3. The molecule has 1 atom stereocenters. The molecule has 1 fully saturated rings. The first-order valence-corrected chi connectivity index (χ1v) is 12.6. The van der Waals surface area contributed by atoms with Crippen LogP contribution in [0.5, 0.6) is 5.75 Å². The maximum atomic E-state index is 14.8. The van der Waals surface area contributed by atoms with Gasteiger partial charge in [0, 0.05) is 52.5 Å². The lowest BCUT2D eigenvalue weighted by Crippen LogP contribution is -2.57. The van der Waals surface area contributed by atoms with Gasteiger partial charge in [0.15, 0.2) is 23.0 Å². The third-order valence-electron chi connectivity index (χ3n) is 7.01. The number of amides is 2. The molecular formula is C27H26F5N7O2. The van der Waals surface area contributed by atoms with E-state index in [9.17, 15) is 31.9 Å². The minimum Gasteiger partial charge on any atom is -0.503 e. The third kappa shape index (κ3) is 5.21. The summed E-state index contributed by atoms with van der Waals surface area (Å²) in [7, 11) is 4.84. The molecule has 0 spiro atoms. The van der Waals surface area contributed by atoms with E-state index in [4.69, 9.17) is 0 Å². The Hall–Kier alpha value is -4.49. The van der Waals surface area contributed by atoms with Crippen LogP contribution in [0, 0.1) is 11.6 Å². The van der Waals surface area contributed by atoms with Gasteiger partial charge in [0.05, 0.1) is 17.0 Å². The van der Waals surface area contributed by atoms with Crippen molar-refractivity contribution in [3.63, 3.8) is 0 Å². The summed E-state index contributed by atoms with van der Waals surface area (Å²) in [6.45, 7) is 1.20. The molecule has 1 aliphatic rings. The summed E-state index contributed by atoms with van der Waals surface area (Å²) >= 11 is 0. The number of halogens is 5. The van der Waals surface area contributed by atoms with Gasteiger partial charge in [-0.05, 0) is 18.1 Å². The molecule has 1 saturated heterocycles. The van der Waals surface area contributed by atoms with E-state index in [0.717, 1.165) is 5.56 Å². The average molecular weight is 576 g/mol. The second kappa shape index (κ2) is 10.5. The number of carbonyl (C=O) groups excluding carboxylic acids is 1. The number of alkyl halides is 3. The number of fused-ring (bicyclic) bond motifs is 1. The minimum atomic E-state index is -5.18. The first-order chi connectivity index (χ1) is 19.4. The van der Waals surface area contributed by atoms with E-state index in [1.54, 1.807) is 19.0 Å². The molecule has 0 bridgehead atoms. The fourth-order valence-electron chi connectivity index (χ4n) is 5.00. The van der Waals surface area contributed by atoms with Crippen LogP contribution in [0.4, 0.5) is 32.7 Å². The number of urea groups is 1. The van der Waals surface area contributed by atoms with Crippen molar-refractivity contribution in [1.29, 1.82) is 0 Å². The summed E-state index contributed by atoms with van der Waals surface area (Å²) in [5, 5.41) is 14.0. The van der Waals surface area contributed by atoms with E-state index in [0.29, 0.717) is 32.0 Å². The maximum absolute atomic E-state index is 14.8. The molecule has 41 heavy (non-hydrogen) atoms. The third-order valence-corrected chi connectivity index (χ3v) is 7.01. The van der Waals surface area contributed by atoms with Crippen LogP contribution in [0.2, 0.25) is 0 Å². The molecule has 2 amide bonds. The summed E-state index contributed by atoms with van der Waals surface area (Å²) in [4.78, 5) is 26.9. The number of nitrogens with zero attached hydrogens (tertiary/aromatic N) is 7. The van der Waals surface area contributed by atoms with Gasteiger partial charge in [0.1, 0.15) is 5.69 Å². The normalized spacial score (nSPS) is 16.0. The van der Waals surface area contributed by atoms with Gasteiger partial charge in [0.2, 0.25) is 5.95 Å². The number of carbonyl (C=O) groups is 1. The molecule has 9 nitrogen and oxygen atoms in total. The number of aromatic nitrogens is 4. The van der Waals surface area contributed by atoms with Crippen molar-refractivity contribution in [1.82, 2.24) is 29.5 Å². The zero-order chi connectivity index (χ0) is 29.6. The monoisotopic (exact) mass is 575 g/mol. The Labute approximate surface area is 231 Å². The van der Waals surface area contributed by atoms with Crippen LogP contribution in [0.25, 0.3) is 22.3 Å². The van der Waals surface area contributed by atoms with Gasteiger partial charge in [-0.25, -0.2) is 23.2 Å². The first kappa shape index (κ1) is 28.1. The van der Waals surface area contributed by atoms with Gasteiger partial charge in [0.25, 0.3) is 0 Å². The summed E-state index contributed by atoms with van der Waals surface area (Å²) < 4.78 is 70.3. The maximum Gasteiger partial charge on any atom is 0.419 e. The van der Waals surface area contributed by atoms with Gasteiger partial charge in [-0.3, -0.25) is 0 Å². The van der Waals surface area contributed by atoms with E-state index in [2.05, 4.69) is 15.1 Å². The Morgan fingerprint density at radius 2 is 1.83 bits per heavy atom. The van der Waals surface area contributed by atoms with Crippen LogP contribution in [0.15, 0.2) is 42.6 Å². The molecule has 14 heteroatoms. The predicted octanol–water partition coefficient (Wildman–Crippen LogP) is 4.45. The zero-order valence-corrected chi connectivity index (χ0v) is 22.3. The number of rotatable bonds is 4. The van der Waals surface area contributed by atoms with Crippen molar-refractivity contribution >= 4 is 23.0 Å². The molecule has 216 valence electrons. The van der Waals surface area contributed by atoms with Crippen molar-refractivity contribution in [2.45, 2.75) is 18.6 Å². The summed E-state index contributed by atoms with van der Waals surface area (Å²) in [6, 6.07) is 9.63. The lowest BCUT2D eigenvalue weighted by Gasteiger charge is -2.42. The molecule has 0 saturated carbocycles. The Kier molecular flexibility index (Phi) is 7.17. The number of benzene rings is 2. The number of phenolic OH excluding ortho intramolecular Hbond substituents is 1. The number of phenols is 1. The van der Waals surface area contributed by atoms with E-state index >= 15 is 0 Å². The van der Waals surface area contributed by atoms with E-state index < -0.39 is 34.7 Å². The van der Waals surface area contributed by atoms with Crippen LogP contribution >= 0.6 is 0 Å². The molecule has 1 N–H and O–H groups in total. The van der Waals surface area contributed by atoms with E-state index in [1.807, 2.05) is 35.2 Å². The van der Waals surface area contributed by atoms with Gasteiger partial charge in [-0.1, -0.05) is 30.3 Å². The first-order valence-electron chi connectivity index (χ1n) is 12.6. The predicted molar refractivity (Wildman–Crippen MR) is 140 cm³/mol. The quantitative estimate of drug-likeness (QED) is 0.362. The molecular weight excluding hydrogens is 549 g/mol. The van der Waals surface area contributed by atoms with E-state index in [1.165, 1.54) is 22.8 Å². The van der Waals surface area contributed by atoms with Gasteiger partial charge in [-0.2, -0.15) is 23.3 Å². The number of aromatic hydroxyl groups is 1.